The van der Waals surface area contributed by atoms with Crippen LogP contribution in [0.4, 0.5) is 11.9 Å². The summed E-state index contributed by atoms with van der Waals surface area (Å²) in [5.41, 5.74) is 2.41. The highest BCUT2D eigenvalue weighted by Gasteiger charge is 2.19. The van der Waals surface area contributed by atoms with Crippen molar-refractivity contribution in [1.29, 1.82) is 0 Å². The van der Waals surface area contributed by atoms with E-state index in [0.717, 1.165) is 32.2 Å². The van der Waals surface area contributed by atoms with E-state index in [-0.39, 0.29) is 24.2 Å². The number of ether oxygens (including phenoxy) is 1. The first-order valence-corrected chi connectivity index (χ1v) is 7.38. The van der Waals surface area contributed by atoms with Crippen LogP contribution in [0, 0.1) is 5.92 Å². The number of hydrogen-bond acceptors (Lipinski definition) is 8. The molecule has 0 unspecified atom stereocenters. The summed E-state index contributed by atoms with van der Waals surface area (Å²) in [6, 6.07) is 0.245. The highest BCUT2D eigenvalue weighted by molar-refractivity contribution is 5.34. The number of aliphatic hydroxyl groups is 1. The predicted octanol–water partition coefficient (Wildman–Crippen LogP) is 0.907. The van der Waals surface area contributed by atoms with Crippen LogP contribution in [0.25, 0.3) is 0 Å². The molecule has 0 aromatic carbocycles. The van der Waals surface area contributed by atoms with Gasteiger partial charge in [-0.3, -0.25) is 5.43 Å². The predicted molar refractivity (Wildman–Crippen MR) is 79.9 cm³/mol. The summed E-state index contributed by atoms with van der Waals surface area (Å²) >= 11 is 0. The molecule has 0 saturated heterocycles. The molecular formula is C13H24N6O2. The number of hydrogen-bond donors (Lipinski definition) is 4. The van der Waals surface area contributed by atoms with Crippen molar-refractivity contribution >= 4 is 11.9 Å². The Balaban J connectivity index is 1.95. The molecule has 0 atom stereocenters. The molecule has 5 N–H and O–H groups in total. The van der Waals surface area contributed by atoms with Gasteiger partial charge in [-0.15, -0.1) is 0 Å². The Labute approximate surface area is 124 Å². The van der Waals surface area contributed by atoms with Crippen molar-refractivity contribution < 1.29 is 9.84 Å². The molecule has 1 aliphatic carbocycles. The first-order valence-electron chi connectivity index (χ1n) is 7.38. The molecule has 1 heterocycles. The molecule has 8 nitrogen and oxygen atoms in total. The summed E-state index contributed by atoms with van der Waals surface area (Å²) < 4.78 is 5.47. The molecule has 1 aromatic heterocycles. The van der Waals surface area contributed by atoms with Gasteiger partial charge in [0, 0.05) is 6.54 Å². The Kier molecular flexibility index (Phi) is 5.51. The molecule has 21 heavy (non-hydrogen) atoms. The third-order valence-corrected chi connectivity index (χ3v) is 3.45. The van der Waals surface area contributed by atoms with Crippen molar-refractivity contribution in [3.8, 4) is 6.01 Å². The molecule has 8 heteroatoms. The molecule has 1 aromatic rings. The van der Waals surface area contributed by atoms with Crippen molar-refractivity contribution in [2.24, 2.45) is 11.8 Å². The number of rotatable bonds is 6. The molecule has 1 saturated carbocycles. The fourth-order valence-electron chi connectivity index (χ4n) is 2.35. The lowest BCUT2D eigenvalue weighted by Crippen LogP contribution is -2.24. The average molecular weight is 296 g/mol. The zero-order chi connectivity index (χ0) is 15.2. The van der Waals surface area contributed by atoms with E-state index < -0.39 is 0 Å². The number of anilines is 2. The molecule has 1 fully saturated rings. The molecule has 0 aliphatic heterocycles. The maximum absolute atomic E-state index is 9.51. The second kappa shape index (κ2) is 7.37. The summed E-state index contributed by atoms with van der Waals surface area (Å²) in [7, 11) is 0. The van der Waals surface area contributed by atoms with Gasteiger partial charge >= 0.3 is 6.01 Å². The first kappa shape index (κ1) is 15.7. The van der Waals surface area contributed by atoms with E-state index in [4.69, 9.17) is 10.6 Å². The van der Waals surface area contributed by atoms with Gasteiger partial charge in [0.25, 0.3) is 0 Å². The van der Waals surface area contributed by atoms with Gasteiger partial charge in [-0.05, 0) is 45.4 Å². The van der Waals surface area contributed by atoms with Crippen LogP contribution in [0.3, 0.4) is 0 Å². The zero-order valence-corrected chi connectivity index (χ0v) is 12.5. The Morgan fingerprint density at radius 3 is 2.48 bits per heavy atom. The smallest absolute Gasteiger partial charge is 0.323 e. The molecule has 2 rings (SSSR count). The SMILES string of the molecule is CC(C)Oc1nc(NN)nc(NCC2CCC(O)CC2)n1. The Bertz CT molecular complexity index is 448. The zero-order valence-electron chi connectivity index (χ0n) is 12.5. The number of nitrogen functional groups attached to an aromatic ring is 1. The average Bonchev–Trinajstić information content (AvgIpc) is 2.45. The van der Waals surface area contributed by atoms with Crippen molar-refractivity contribution in [3.63, 3.8) is 0 Å². The summed E-state index contributed by atoms with van der Waals surface area (Å²) in [5, 5.41) is 12.7. The normalized spacial score (nSPS) is 22.1. The lowest BCUT2D eigenvalue weighted by Gasteiger charge is -2.25. The van der Waals surface area contributed by atoms with Crippen molar-refractivity contribution in [2.75, 3.05) is 17.3 Å². The summed E-state index contributed by atoms with van der Waals surface area (Å²) in [4.78, 5) is 12.4. The van der Waals surface area contributed by atoms with Gasteiger partial charge < -0.3 is 15.2 Å². The minimum atomic E-state index is -0.141. The van der Waals surface area contributed by atoms with Crippen LogP contribution in [-0.2, 0) is 0 Å². The van der Waals surface area contributed by atoms with Gasteiger partial charge in [-0.2, -0.15) is 15.0 Å². The second-order valence-electron chi connectivity index (χ2n) is 5.63. The number of nitrogens with zero attached hydrogens (tertiary/aromatic N) is 3. The van der Waals surface area contributed by atoms with Gasteiger partial charge in [-0.25, -0.2) is 5.84 Å². The van der Waals surface area contributed by atoms with E-state index in [1.807, 2.05) is 13.8 Å². The van der Waals surface area contributed by atoms with Crippen molar-refractivity contribution in [3.05, 3.63) is 0 Å². The Morgan fingerprint density at radius 2 is 1.86 bits per heavy atom. The topological polar surface area (TPSA) is 118 Å². The van der Waals surface area contributed by atoms with Gasteiger partial charge in [0.2, 0.25) is 11.9 Å². The lowest BCUT2D eigenvalue weighted by atomic mass is 9.87. The molecule has 0 radical (unpaired) electrons. The summed E-state index contributed by atoms with van der Waals surface area (Å²) in [5.74, 6) is 6.59. The Hall–Kier alpha value is -1.67. The summed E-state index contributed by atoms with van der Waals surface area (Å²) in [6.45, 7) is 4.57. The molecule has 0 amide bonds. The molecular weight excluding hydrogens is 272 g/mol. The molecule has 1 aliphatic rings. The fourth-order valence-corrected chi connectivity index (χ4v) is 2.35. The minimum absolute atomic E-state index is 0.0225. The highest BCUT2D eigenvalue weighted by Crippen LogP contribution is 2.24. The fraction of sp³-hybridized carbons (Fsp3) is 0.769. The van der Waals surface area contributed by atoms with Gasteiger partial charge in [-0.1, -0.05) is 0 Å². The maximum Gasteiger partial charge on any atom is 0.323 e. The van der Waals surface area contributed by atoms with Crippen molar-refractivity contribution in [1.82, 2.24) is 15.0 Å². The van der Waals surface area contributed by atoms with E-state index in [0.29, 0.717) is 11.9 Å². The maximum atomic E-state index is 9.51. The lowest BCUT2D eigenvalue weighted by molar-refractivity contribution is 0.111. The molecule has 118 valence electrons. The number of nitrogens with two attached hydrogens (primary N) is 1. The monoisotopic (exact) mass is 296 g/mol. The standard InChI is InChI=1S/C13H24N6O2/c1-8(2)21-13-17-11(16-12(18-13)19-14)15-7-9-3-5-10(20)6-4-9/h8-10,20H,3-7,14H2,1-2H3,(H2,15,16,17,18,19). The largest absolute Gasteiger partial charge is 0.461 e. The van der Waals surface area contributed by atoms with Crippen LogP contribution >= 0.6 is 0 Å². The van der Waals surface area contributed by atoms with E-state index in [2.05, 4.69) is 25.7 Å². The van der Waals surface area contributed by atoms with Crippen LogP contribution in [-0.4, -0.2) is 38.8 Å². The number of aliphatic hydroxyl groups excluding tert-OH is 1. The van der Waals surface area contributed by atoms with Gasteiger partial charge in [0.1, 0.15) is 0 Å². The van der Waals surface area contributed by atoms with Crippen LogP contribution in [0.1, 0.15) is 39.5 Å². The number of nitrogens with one attached hydrogen (secondary N) is 2. The van der Waals surface area contributed by atoms with Gasteiger partial charge in [0.05, 0.1) is 12.2 Å². The van der Waals surface area contributed by atoms with E-state index >= 15 is 0 Å². The first-order chi connectivity index (χ1) is 10.1. The third-order valence-electron chi connectivity index (χ3n) is 3.45. The Morgan fingerprint density at radius 1 is 1.19 bits per heavy atom. The van der Waals surface area contributed by atoms with E-state index in [9.17, 15) is 5.11 Å². The van der Waals surface area contributed by atoms with Crippen LogP contribution in [0.15, 0.2) is 0 Å². The van der Waals surface area contributed by atoms with Crippen LogP contribution < -0.4 is 21.3 Å². The van der Waals surface area contributed by atoms with Crippen LogP contribution in [0.2, 0.25) is 0 Å². The van der Waals surface area contributed by atoms with E-state index in [1.54, 1.807) is 0 Å². The van der Waals surface area contributed by atoms with Crippen LogP contribution in [0.5, 0.6) is 6.01 Å². The highest BCUT2D eigenvalue weighted by atomic mass is 16.5. The second-order valence-corrected chi connectivity index (χ2v) is 5.63. The van der Waals surface area contributed by atoms with Crippen molar-refractivity contribution in [2.45, 2.75) is 51.7 Å². The quantitative estimate of drug-likeness (QED) is 0.452. The van der Waals surface area contributed by atoms with E-state index in [1.165, 1.54) is 0 Å². The number of hydrazine groups is 1. The molecule has 0 spiro atoms. The van der Waals surface area contributed by atoms with Gasteiger partial charge in [0.15, 0.2) is 0 Å². The summed E-state index contributed by atoms with van der Waals surface area (Å²) in [6.07, 6.45) is 3.58. The number of aromatic nitrogens is 3. The molecule has 0 bridgehead atoms. The minimum Gasteiger partial charge on any atom is -0.461 e. The third kappa shape index (κ3) is 4.98.